The molecule has 1 aliphatic carbocycles. The summed E-state index contributed by atoms with van der Waals surface area (Å²) in [6.45, 7) is 2.24. The Morgan fingerprint density at radius 2 is 2.05 bits per heavy atom. The predicted molar refractivity (Wildman–Crippen MR) is 86.6 cm³/mol. The molecular formula is C18H29NO2. The van der Waals surface area contributed by atoms with Crippen molar-refractivity contribution in [1.82, 2.24) is 5.32 Å². The Hall–Kier alpha value is -0.900. The lowest BCUT2D eigenvalue weighted by Crippen LogP contribution is -2.25. The first-order chi connectivity index (χ1) is 10.4. The first-order valence-electron chi connectivity index (χ1n) is 8.18. The molecule has 0 saturated carbocycles. The van der Waals surface area contributed by atoms with Gasteiger partial charge in [-0.2, -0.15) is 0 Å². The lowest BCUT2D eigenvalue weighted by Gasteiger charge is -2.26. The van der Waals surface area contributed by atoms with Gasteiger partial charge in [-0.1, -0.05) is 24.3 Å². The summed E-state index contributed by atoms with van der Waals surface area (Å²) in [5.41, 5.74) is 3.03. The van der Waals surface area contributed by atoms with E-state index in [9.17, 15) is 0 Å². The fourth-order valence-electron chi connectivity index (χ4n) is 3.43. The normalized spacial score (nSPS) is 21.8. The predicted octanol–water partition coefficient (Wildman–Crippen LogP) is 3.34. The maximum absolute atomic E-state index is 5.59. The minimum absolute atomic E-state index is 0.489. The average molecular weight is 291 g/mol. The zero-order chi connectivity index (χ0) is 14.9. The lowest BCUT2D eigenvalue weighted by molar-refractivity contribution is 0.0663. The van der Waals surface area contributed by atoms with Crippen molar-refractivity contribution in [2.75, 3.05) is 34.0 Å². The van der Waals surface area contributed by atoms with Crippen LogP contribution in [-0.2, 0) is 15.9 Å². The smallest absolute Gasteiger partial charge is 0.0700 e. The van der Waals surface area contributed by atoms with Crippen molar-refractivity contribution in [3.8, 4) is 0 Å². The van der Waals surface area contributed by atoms with Crippen LogP contribution in [-0.4, -0.2) is 34.0 Å². The summed E-state index contributed by atoms with van der Waals surface area (Å²) in [4.78, 5) is 0. The van der Waals surface area contributed by atoms with Gasteiger partial charge >= 0.3 is 0 Å². The van der Waals surface area contributed by atoms with Crippen LogP contribution in [0.5, 0.6) is 0 Å². The molecule has 0 aliphatic heterocycles. The third-order valence-corrected chi connectivity index (χ3v) is 4.49. The van der Waals surface area contributed by atoms with E-state index in [1.807, 2.05) is 0 Å². The Bertz CT molecular complexity index is 408. The van der Waals surface area contributed by atoms with Crippen LogP contribution in [0.25, 0.3) is 0 Å². The highest BCUT2D eigenvalue weighted by Crippen LogP contribution is 2.35. The molecule has 0 saturated heterocycles. The standard InChI is InChI=1S/C18H29NO2/c1-19-18-16(10-6-12-21-14-13-20-2)9-5-8-15-7-3-4-11-17(15)18/h3-4,7,11,16,18-19H,5-6,8-10,12-14H2,1-2H3. The molecule has 118 valence electrons. The summed E-state index contributed by atoms with van der Waals surface area (Å²) < 4.78 is 10.6. The van der Waals surface area contributed by atoms with Gasteiger partial charge in [-0.05, 0) is 56.2 Å². The summed E-state index contributed by atoms with van der Waals surface area (Å²) >= 11 is 0. The number of ether oxygens (including phenoxy) is 2. The Morgan fingerprint density at radius 3 is 2.86 bits per heavy atom. The minimum atomic E-state index is 0.489. The number of fused-ring (bicyclic) bond motifs is 1. The molecule has 3 heteroatoms. The van der Waals surface area contributed by atoms with E-state index in [1.54, 1.807) is 7.11 Å². The van der Waals surface area contributed by atoms with Gasteiger partial charge in [0.05, 0.1) is 13.2 Å². The highest BCUT2D eigenvalue weighted by Gasteiger charge is 2.25. The molecule has 1 aliphatic rings. The van der Waals surface area contributed by atoms with Crippen molar-refractivity contribution in [2.24, 2.45) is 5.92 Å². The van der Waals surface area contributed by atoms with Gasteiger partial charge in [-0.25, -0.2) is 0 Å². The average Bonchev–Trinajstić information content (AvgIpc) is 2.69. The van der Waals surface area contributed by atoms with E-state index >= 15 is 0 Å². The van der Waals surface area contributed by atoms with Gasteiger partial charge in [-0.15, -0.1) is 0 Å². The highest BCUT2D eigenvalue weighted by atomic mass is 16.5. The SMILES string of the molecule is CNC1c2ccccc2CCCC1CCCOCCOC. The molecule has 0 heterocycles. The van der Waals surface area contributed by atoms with Crippen LogP contribution in [0, 0.1) is 5.92 Å². The Morgan fingerprint density at radius 1 is 1.19 bits per heavy atom. The van der Waals surface area contributed by atoms with E-state index in [2.05, 4.69) is 36.6 Å². The maximum Gasteiger partial charge on any atom is 0.0700 e. The molecule has 21 heavy (non-hydrogen) atoms. The molecule has 0 bridgehead atoms. The quantitative estimate of drug-likeness (QED) is 0.588. The largest absolute Gasteiger partial charge is 0.382 e. The van der Waals surface area contributed by atoms with Gasteiger partial charge in [0.1, 0.15) is 0 Å². The van der Waals surface area contributed by atoms with Gasteiger partial charge in [0.15, 0.2) is 0 Å². The second kappa shape index (κ2) is 9.19. The fraction of sp³-hybridized carbons (Fsp3) is 0.667. The van der Waals surface area contributed by atoms with Crippen molar-refractivity contribution in [3.05, 3.63) is 35.4 Å². The third-order valence-electron chi connectivity index (χ3n) is 4.49. The van der Waals surface area contributed by atoms with Crippen LogP contribution in [0.4, 0.5) is 0 Å². The van der Waals surface area contributed by atoms with Crippen molar-refractivity contribution in [1.29, 1.82) is 0 Å². The van der Waals surface area contributed by atoms with Gasteiger partial charge < -0.3 is 14.8 Å². The summed E-state index contributed by atoms with van der Waals surface area (Å²) in [7, 11) is 3.80. The van der Waals surface area contributed by atoms with Crippen molar-refractivity contribution in [3.63, 3.8) is 0 Å². The van der Waals surface area contributed by atoms with E-state index in [4.69, 9.17) is 9.47 Å². The topological polar surface area (TPSA) is 30.5 Å². The molecule has 0 spiro atoms. The van der Waals surface area contributed by atoms with Crippen molar-refractivity contribution >= 4 is 0 Å². The molecule has 2 unspecified atom stereocenters. The van der Waals surface area contributed by atoms with Gasteiger partial charge in [0.25, 0.3) is 0 Å². The van der Waals surface area contributed by atoms with Crippen LogP contribution in [0.2, 0.25) is 0 Å². The first kappa shape index (κ1) is 16.5. The van der Waals surface area contributed by atoms with Crippen molar-refractivity contribution < 1.29 is 9.47 Å². The molecule has 2 rings (SSSR count). The molecule has 0 radical (unpaired) electrons. The Balaban J connectivity index is 1.87. The van der Waals surface area contributed by atoms with E-state index in [0.29, 0.717) is 25.2 Å². The van der Waals surface area contributed by atoms with Crippen LogP contribution >= 0.6 is 0 Å². The number of methoxy groups -OCH3 is 1. The third kappa shape index (κ3) is 4.80. The zero-order valence-corrected chi connectivity index (χ0v) is 13.4. The zero-order valence-electron chi connectivity index (χ0n) is 13.4. The molecule has 1 N–H and O–H groups in total. The van der Waals surface area contributed by atoms with E-state index in [1.165, 1.54) is 36.8 Å². The maximum atomic E-state index is 5.59. The molecule has 0 fully saturated rings. The van der Waals surface area contributed by atoms with E-state index in [-0.39, 0.29) is 0 Å². The monoisotopic (exact) mass is 291 g/mol. The number of aryl methyl sites for hydroxylation is 1. The summed E-state index contributed by atoms with van der Waals surface area (Å²) in [5.74, 6) is 0.713. The van der Waals surface area contributed by atoms with Crippen molar-refractivity contribution in [2.45, 2.75) is 38.1 Å². The summed E-state index contributed by atoms with van der Waals surface area (Å²) in [6, 6.07) is 9.40. The molecule has 1 aromatic rings. The van der Waals surface area contributed by atoms with E-state index in [0.717, 1.165) is 13.0 Å². The summed E-state index contributed by atoms with van der Waals surface area (Å²) in [6.07, 6.45) is 6.18. The molecule has 3 nitrogen and oxygen atoms in total. The highest BCUT2D eigenvalue weighted by molar-refractivity contribution is 5.31. The summed E-state index contributed by atoms with van der Waals surface area (Å²) in [5, 5.41) is 3.55. The van der Waals surface area contributed by atoms with Crippen LogP contribution in [0.3, 0.4) is 0 Å². The lowest BCUT2D eigenvalue weighted by atomic mass is 9.87. The van der Waals surface area contributed by atoms with Crippen LogP contribution in [0.1, 0.15) is 42.9 Å². The van der Waals surface area contributed by atoms with Gasteiger partial charge in [-0.3, -0.25) is 0 Å². The van der Waals surface area contributed by atoms with Crippen LogP contribution < -0.4 is 5.32 Å². The van der Waals surface area contributed by atoms with Gasteiger partial charge in [0.2, 0.25) is 0 Å². The number of benzene rings is 1. The minimum Gasteiger partial charge on any atom is -0.382 e. The van der Waals surface area contributed by atoms with E-state index < -0.39 is 0 Å². The van der Waals surface area contributed by atoms with Crippen LogP contribution in [0.15, 0.2) is 24.3 Å². The first-order valence-corrected chi connectivity index (χ1v) is 8.18. The molecule has 1 aromatic carbocycles. The Kier molecular flexibility index (Phi) is 7.20. The number of nitrogens with one attached hydrogen (secondary N) is 1. The second-order valence-corrected chi connectivity index (χ2v) is 5.86. The number of rotatable bonds is 8. The van der Waals surface area contributed by atoms with Gasteiger partial charge in [0, 0.05) is 19.8 Å². The molecule has 2 atom stereocenters. The second-order valence-electron chi connectivity index (χ2n) is 5.86. The molecular weight excluding hydrogens is 262 g/mol. The Labute approximate surface area is 129 Å². The number of hydrogen-bond acceptors (Lipinski definition) is 3. The molecule has 0 amide bonds. The fourth-order valence-corrected chi connectivity index (χ4v) is 3.43. The number of hydrogen-bond donors (Lipinski definition) is 1. The molecule has 0 aromatic heterocycles.